The Balaban J connectivity index is 4.24. The first-order valence-electron chi connectivity index (χ1n) is 6.45. The standard InChI is InChI=1S/C13H24O4/c1-3-5-6-7-10(9-12(14)15)8-11(4-2)13(16)17/h10-11H,3-9H2,1-2H3,(H,14,15)(H,16,17). The van der Waals surface area contributed by atoms with E-state index < -0.39 is 17.9 Å². The van der Waals surface area contributed by atoms with Crippen LogP contribution in [0.15, 0.2) is 0 Å². The van der Waals surface area contributed by atoms with Crippen molar-refractivity contribution in [2.24, 2.45) is 11.8 Å². The summed E-state index contributed by atoms with van der Waals surface area (Å²) in [5.74, 6) is -2.04. The van der Waals surface area contributed by atoms with E-state index in [2.05, 4.69) is 6.92 Å². The molecule has 0 bridgehead atoms. The molecule has 2 atom stereocenters. The van der Waals surface area contributed by atoms with E-state index in [0.717, 1.165) is 25.7 Å². The lowest BCUT2D eigenvalue weighted by molar-refractivity contribution is -0.144. The van der Waals surface area contributed by atoms with Crippen molar-refractivity contribution in [1.82, 2.24) is 0 Å². The van der Waals surface area contributed by atoms with E-state index in [1.54, 1.807) is 0 Å². The largest absolute Gasteiger partial charge is 0.481 e. The molecule has 0 heterocycles. The van der Waals surface area contributed by atoms with Gasteiger partial charge >= 0.3 is 11.9 Å². The number of hydrogen-bond donors (Lipinski definition) is 2. The average Bonchev–Trinajstić information content (AvgIpc) is 2.24. The summed E-state index contributed by atoms with van der Waals surface area (Å²) < 4.78 is 0. The zero-order valence-corrected chi connectivity index (χ0v) is 10.8. The third-order valence-electron chi connectivity index (χ3n) is 3.14. The molecule has 4 heteroatoms. The zero-order valence-electron chi connectivity index (χ0n) is 10.8. The molecule has 100 valence electrons. The number of rotatable bonds is 10. The topological polar surface area (TPSA) is 74.6 Å². The van der Waals surface area contributed by atoms with E-state index >= 15 is 0 Å². The van der Waals surface area contributed by atoms with Crippen molar-refractivity contribution >= 4 is 11.9 Å². The Morgan fingerprint density at radius 3 is 2.18 bits per heavy atom. The van der Waals surface area contributed by atoms with Gasteiger partial charge in [-0.1, -0.05) is 33.1 Å². The summed E-state index contributed by atoms with van der Waals surface area (Å²) in [7, 11) is 0. The minimum Gasteiger partial charge on any atom is -0.481 e. The molecule has 0 aromatic heterocycles. The maximum absolute atomic E-state index is 10.9. The lowest BCUT2D eigenvalue weighted by atomic mass is 9.87. The van der Waals surface area contributed by atoms with Gasteiger partial charge < -0.3 is 10.2 Å². The smallest absolute Gasteiger partial charge is 0.306 e. The Labute approximate surface area is 103 Å². The number of carbonyl (C=O) groups is 2. The lowest BCUT2D eigenvalue weighted by Gasteiger charge is -2.18. The van der Waals surface area contributed by atoms with Crippen LogP contribution in [0.1, 0.15) is 58.8 Å². The van der Waals surface area contributed by atoms with Crippen molar-refractivity contribution in [2.45, 2.75) is 58.8 Å². The molecule has 0 aliphatic carbocycles. The second kappa shape index (κ2) is 9.02. The number of aliphatic carboxylic acids is 2. The fraction of sp³-hybridized carbons (Fsp3) is 0.846. The van der Waals surface area contributed by atoms with Crippen LogP contribution in [0.5, 0.6) is 0 Å². The van der Waals surface area contributed by atoms with Crippen LogP contribution in [-0.4, -0.2) is 22.2 Å². The molecule has 0 saturated heterocycles. The summed E-state index contributed by atoms with van der Waals surface area (Å²) in [6.07, 6.45) is 5.14. The minimum absolute atomic E-state index is 0.0000926. The maximum Gasteiger partial charge on any atom is 0.306 e. The molecule has 0 spiro atoms. The Bertz CT molecular complexity index is 238. The highest BCUT2D eigenvalue weighted by Crippen LogP contribution is 2.24. The Kier molecular flexibility index (Phi) is 8.46. The van der Waals surface area contributed by atoms with Crippen LogP contribution in [-0.2, 0) is 9.59 Å². The third-order valence-corrected chi connectivity index (χ3v) is 3.14. The van der Waals surface area contributed by atoms with Crippen LogP contribution in [0.2, 0.25) is 0 Å². The first-order valence-corrected chi connectivity index (χ1v) is 6.45. The first-order chi connectivity index (χ1) is 8.01. The van der Waals surface area contributed by atoms with Gasteiger partial charge in [-0.3, -0.25) is 9.59 Å². The summed E-state index contributed by atoms with van der Waals surface area (Å²) >= 11 is 0. The maximum atomic E-state index is 10.9. The van der Waals surface area contributed by atoms with E-state index in [1.165, 1.54) is 0 Å². The van der Waals surface area contributed by atoms with Crippen molar-refractivity contribution < 1.29 is 19.8 Å². The molecule has 2 unspecified atom stereocenters. The molecule has 0 aromatic rings. The van der Waals surface area contributed by atoms with Gasteiger partial charge in [-0.2, -0.15) is 0 Å². The zero-order chi connectivity index (χ0) is 13.3. The lowest BCUT2D eigenvalue weighted by Crippen LogP contribution is -2.19. The molecule has 0 aliphatic rings. The van der Waals surface area contributed by atoms with Crippen molar-refractivity contribution in [3.05, 3.63) is 0 Å². The fourth-order valence-electron chi connectivity index (χ4n) is 2.08. The molecule has 0 amide bonds. The van der Waals surface area contributed by atoms with Gasteiger partial charge in [0.05, 0.1) is 5.92 Å². The number of unbranched alkanes of at least 4 members (excludes halogenated alkanes) is 2. The molecule has 17 heavy (non-hydrogen) atoms. The molecule has 2 N–H and O–H groups in total. The van der Waals surface area contributed by atoms with Gasteiger partial charge in [-0.05, 0) is 25.2 Å². The summed E-state index contributed by atoms with van der Waals surface area (Å²) in [6, 6.07) is 0. The highest BCUT2D eigenvalue weighted by atomic mass is 16.4. The normalized spacial score (nSPS) is 14.2. The number of hydrogen-bond acceptors (Lipinski definition) is 2. The monoisotopic (exact) mass is 244 g/mol. The van der Waals surface area contributed by atoms with Crippen LogP contribution in [0.4, 0.5) is 0 Å². The van der Waals surface area contributed by atoms with E-state index in [4.69, 9.17) is 10.2 Å². The minimum atomic E-state index is -0.827. The SMILES string of the molecule is CCCCCC(CC(=O)O)CC(CC)C(=O)O. The predicted octanol–water partition coefficient (Wildman–Crippen LogP) is 3.16. The average molecular weight is 244 g/mol. The van der Waals surface area contributed by atoms with Crippen molar-refractivity contribution in [2.75, 3.05) is 0 Å². The summed E-state index contributed by atoms with van der Waals surface area (Å²) in [5, 5.41) is 17.8. The van der Waals surface area contributed by atoms with Gasteiger partial charge in [0, 0.05) is 6.42 Å². The molecular weight excluding hydrogens is 220 g/mol. The van der Waals surface area contributed by atoms with E-state index in [1.807, 2.05) is 6.92 Å². The van der Waals surface area contributed by atoms with Crippen molar-refractivity contribution in [1.29, 1.82) is 0 Å². The van der Waals surface area contributed by atoms with E-state index in [9.17, 15) is 9.59 Å². The van der Waals surface area contributed by atoms with Gasteiger partial charge in [0.2, 0.25) is 0 Å². The van der Waals surface area contributed by atoms with Gasteiger partial charge in [0.1, 0.15) is 0 Å². The molecule has 0 radical (unpaired) electrons. The Morgan fingerprint density at radius 2 is 1.76 bits per heavy atom. The Hall–Kier alpha value is -1.06. The van der Waals surface area contributed by atoms with E-state index in [-0.39, 0.29) is 12.3 Å². The first kappa shape index (κ1) is 15.9. The number of carboxylic acids is 2. The molecule has 0 saturated carbocycles. The highest BCUT2D eigenvalue weighted by Gasteiger charge is 2.22. The molecule has 0 rings (SSSR count). The Morgan fingerprint density at radius 1 is 1.12 bits per heavy atom. The quantitative estimate of drug-likeness (QED) is 0.579. The summed E-state index contributed by atoms with van der Waals surface area (Å²) in [6.45, 7) is 3.93. The number of carboxylic acid groups (broad SMARTS) is 2. The predicted molar refractivity (Wildman–Crippen MR) is 65.9 cm³/mol. The summed E-state index contributed by atoms with van der Waals surface area (Å²) in [4.78, 5) is 21.7. The highest BCUT2D eigenvalue weighted by molar-refractivity contribution is 5.70. The van der Waals surface area contributed by atoms with Gasteiger partial charge in [-0.15, -0.1) is 0 Å². The summed E-state index contributed by atoms with van der Waals surface area (Å²) in [5.41, 5.74) is 0. The molecule has 0 aliphatic heterocycles. The molecule has 0 aromatic carbocycles. The van der Waals surface area contributed by atoms with Crippen LogP contribution in [0.3, 0.4) is 0 Å². The second-order valence-electron chi connectivity index (χ2n) is 4.64. The van der Waals surface area contributed by atoms with Crippen molar-refractivity contribution in [3.8, 4) is 0 Å². The van der Waals surface area contributed by atoms with E-state index in [0.29, 0.717) is 12.8 Å². The third kappa shape index (κ3) is 7.77. The fourth-order valence-corrected chi connectivity index (χ4v) is 2.08. The molecule has 4 nitrogen and oxygen atoms in total. The van der Waals surface area contributed by atoms with Gasteiger partial charge in [-0.25, -0.2) is 0 Å². The second-order valence-corrected chi connectivity index (χ2v) is 4.64. The molecule has 0 fully saturated rings. The van der Waals surface area contributed by atoms with Gasteiger partial charge in [0.15, 0.2) is 0 Å². The van der Waals surface area contributed by atoms with Crippen molar-refractivity contribution in [3.63, 3.8) is 0 Å². The van der Waals surface area contributed by atoms with Crippen LogP contribution < -0.4 is 0 Å². The van der Waals surface area contributed by atoms with Crippen LogP contribution >= 0.6 is 0 Å². The van der Waals surface area contributed by atoms with Crippen LogP contribution in [0, 0.1) is 11.8 Å². The van der Waals surface area contributed by atoms with Crippen LogP contribution in [0.25, 0.3) is 0 Å². The molecular formula is C13H24O4. The van der Waals surface area contributed by atoms with Gasteiger partial charge in [0.25, 0.3) is 0 Å².